The number of thiazole rings is 1. The first kappa shape index (κ1) is 14.2. The van der Waals surface area contributed by atoms with Gasteiger partial charge < -0.3 is 4.98 Å². The fraction of sp³-hybridized carbons (Fsp3) is 0. The number of nitrogens with zero attached hydrogens (tertiary/aromatic N) is 2. The minimum atomic E-state index is 0.576. The van der Waals surface area contributed by atoms with E-state index in [1.54, 1.807) is 0 Å². The first-order valence-corrected chi connectivity index (χ1v) is 8.60. The zero-order valence-corrected chi connectivity index (χ0v) is 14.3. The predicted octanol–water partition coefficient (Wildman–Crippen LogP) is 5.60. The van der Waals surface area contributed by atoms with Crippen LogP contribution >= 0.6 is 27.3 Å². The number of halogens is 1. The highest BCUT2D eigenvalue weighted by Crippen LogP contribution is 2.30. The Balaban J connectivity index is 1.86. The van der Waals surface area contributed by atoms with Crippen molar-refractivity contribution < 1.29 is 0 Å². The number of nitrogens with one attached hydrogen (secondary N) is 1. The number of fused-ring (bicyclic) bond motifs is 2. The Hall–Kier alpha value is -2.42. The second-order valence-electron chi connectivity index (χ2n) is 5.09. The molecule has 0 fully saturated rings. The maximum atomic E-state index is 9.56. The molecule has 0 unspecified atom stereocenters. The Morgan fingerprint density at radius 3 is 2.96 bits per heavy atom. The number of aromatic amines is 1. The molecule has 4 rings (SSSR count). The molecule has 0 saturated heterocycles. The van der Waals surface area contributed by atoms with E-state index >= 15 is 0 Å². The summed E-state index contributed by atoms with van der Waals surface area (Å²) in [5, 5.41) is 11.4. The highest BCUT2D eigenvalue weighted by atomic mass is 79.9. The summed E-state index contributed by atoms with van der Waals surface area (Å²) in [7, 11) is 0. The van der Waals surface area contributed by atoms with Gasteiger partial charge in [-0.05, 0) is 36.4 Å². The number of H-pyrrole nitrogens is 1. The number of aromatic nitrogens is 2. The molecule has 0 saturated carbocycles. The van der Waals surface area contributed by atoms with Crippen LogP contribution in [-0.4, -0.2) is 9.97 Å². The van der Waals surface area contributed by atoms with E-state index in [-0.39, 0.29) is 0 Å². The molecule has 0 amide bonds. The average molecular weight is 380 g/mol. The summed E-state index contributed by atoms with van der Waals surface area (Å²) in [5.41, 5.74) is 3.53. The third-order valence-electron chi connectivity index (χ3n) is 3.62. The molecule has 0 atom stereocenters. The Labute approximate surface area is 145 Å². The number of hydrogen-bond acceptors (Lipinski definition) is 3. The molecule has 0 radical (unpaired) electrons. The number of nitriles is 1. The molecular weight excluding hydrogens is 370 g/mol. The van der Waals surface area contributed by atoms with Crippen molar-refractivity contribution in [3.05, 3.63) is 63.7 Å². The molecule has 110 valence electrons. The summed E-state index contributed by atoms with van der Waals surface area (Å²) < 4.78 is 2.10. The van der Waals surface area contributed by atoms with E-state index in [0.29, 0.717) is 5.57 Å². The lowest BCUT2D eigenvalue weighted by Gasteiger charge is -1.95. The first-order valence-electron chi connectivity index (χ1n) is 6.99. The highest BCUT2D eigenvalue weighted by molar-refractivity contribution is 9.10. The lowest BCUT2D eigenvalue weighted by molar-refractivity contribution is 1.43. The molecule has 0 bridgehead atoms. The van der Waals surface area contributed by atoms with Gasteiger partial charge in [-0.3, -0.25) is 0 Å². The van der Waals surface area contributed by atoms with Gasteiger partial charge >= 0.3 is 0 Å². The maximum absolute atomic E-state index is 9.56. The van der Waals surface area contributed by atoms with Crippen molar-refractivity contribution in [2.75, 3.05) is 0 Å². The zero-order valence-electron chi connectivity index (χ0n) is 11.9. The molecular formula is C18H10BrN3S. The minimum Gasteiger partial charge on any atom is -0.361 e. The van der Waals surface area contributed by atoms with Crippen LogP contribution in [0.4, 0.5) is 0 Å². The van der Waals surface area contributed by atoms with Crippen molar-refractivity contribution in [2.45, 2.75) is 0 Å². The monoisotopic (exact) mass is 379 g/mol. The number of rotatable bonds is 2. The van der Waals surface area contributed by atoms with E-state index in [9.17, 15) is 5.26 Å². The van der Waals surface area contributed by atoms with E-state index in [0.717, 1.165) is 36.2 Å². The van der Waals surface area contributed by atoms with Crippen molar-refractivity contribution >= 4 is 60.0 Å². The molecule has 4 aromatic rings. The number of allylic oxidation sites excluding steroid dienone is 1. The number of hydrogen-bond donors (Lipinski definition) is 1. The summed E-state index contributed by atoms with van der Waals surface area (Å²) >= 11 is 5.03. The van der Waals surface area contributed by atoms with E-state index < -0.39 is 0 Å². The lowest BCUT2D eigenvalue weighted by Crippen LogP contribution is -1.80. The van der Waals surface area contributed by atoms with E-state index in [4.69, 9.17) is 0 Å². The smallest absolute Gasteiger partial charge is 0.135 e. The van der Waals surface area contributed by atoms with Crippen LogP contribution in [0.25, 0.3) is 32.8 Å². The van der Waals surface area contributed by atoms with Gasteiger partial charge in [-0.1, -0.05) is 28.1 Å². The summed E-state index contributed by atoms with van der Waals surface area (Å²) in [6.45, 7) is 0. The largest absolute Gasteiger partial charge is 0.361 e. The van der Waals surface area contributed by atoms with Crippen molar-refractivity contribution in [1.82, 2.24) is 9.97 Å². The van der Waals surface area contributed by atoms with Crippen LogP contribution in [0.5, 0.6) is 0 Å². The van der Waals surface area contributed by atoms with Crippen molar-refractivity contribution in [3.63, 3.8) is 0 Å². The van der Waals surface area contributed by atoms with Crippen LogP contribution in [0, 0.1) is 11.3 Å². The molecule has 0 spiro atoms. The lowest BCUT2D eigenvalue weighted by atomic mass is 10.1. The van der Waals surface area contributed by atoms with Crippen molar-refractivity contribution in [1.29, 1.82) is 5.26 Å². The predicted molar refractivity (Wildman–Crippen MR) is 99.1 cm³/mol. The molecule has 0 aliphatic heterocycles. The fourth-order valence-corrected chi connectivity index (χ4v) is 3.81. The van der Waals surface area contributed by atoms with E-state index in [2.05, 4.69) is 32.0 Å². The van der Waals surface area contributed by atoms with Crippen molar-refractivity contribution in [3.8, 4) is 6.07 Å². The third-order valence-corrected chi connectivity index (χ3v) is 5.18. The van der Waals surface area contributed by atoms with Gasteiger partial charge in [0, 0.05) is 27.1 Å². The molecule has 5 heteroatoms. The minimum absolute atomic E-state index is 0.576. The van der Waals surface area contributed by atoms with Crippen LogP contribution in [0.1, 0.15) is 10.6 Å². The van der Waals surface area contributed by atoms with Gasteiger partial charge in [-0.2, -0.15) is 5.26 Å². The van der Waals surface area contributed by atoms with Crippen LogP contribution in [0.15, 0.2) is 53.1 Å². The standard InChI is InChI=1S/C18H10BrN3S/c19-13-5-6-15-14(8-13)12(10-21-15)7-11(9-20)18-22-16-3-1-2-4-17(16)23-18/h1-8,10,21H/b11-7+. The van der Waals surface area contributed by atoms with E-state index in [1.165, 1.54) is 11.3 Å². The van der Waals surface area contributed by atoms with E-state index in [1.807, 2.05) is 54.7 Å². The highest BCUT2D eigenvalue weighted by Gasteiger charge is 2.10. The summed E-state index contributed by atoms with van der Waals surface area (Å²) in [6.07, 6.45) is 3.81. The Kier molecular flexibility index (Phi) is 3.49. The molecule has 2 aromatic carbocycles. The van der Waals surface area contributed by atoms with Gasteiger partial charge in [0.25, 0.3) is 0 Å². The Bertz CT molecular complexity index is 1070. The van der Waals surface area contributed by atoms with Gasteiger partial charge in [0.1, 0.15) is 11.1 Å². The molecule has 2 aromatic heterocycles. The quantitative estimate of drug-likeness (QED) is 0.460. The van der Waals surface area contributed by atoms with Crippen LogP contribution in [-0.2, 0) is 0 Å². The van der Waals surface area contributed by atoms with Crippen molar-refractivity contribution in [2.24, 2.45) is 0 Å². The topological polar surface area (TPSA) is 52.5 Å². The number of para-hydroxylation sites is 1. The summed E-state index contributed by atoms with van der Waals surface area (Å²) in [5.74, 6) is 0. The van der Waals surface area contributed by atoms with Crippen LogP contribution < -0.4 is 0 Å². The molecule has 3 nitrogen and oxygen atoms in total. The molecule has 23 heavy (non-hydrogen) atoms. The second kappa shape index (κ2) is 5.65. The Morgan fingerprint density at radius 2 is 2.13 bits per heavy atom. The fourth-order valence-electron chi connectivity index (χ4n) is 2.52. The normalized spacial score (nSPS) is 11.9. The molecule has 0 aliphatic rings. The maximum Gasteiger partial charge on any atom is 0.135 e. The SMILES string of the molecule is N#C/C(=C\c1c[nH]c2ccc(Br)cc12)c1nc2ccccc2s1. The molecule has 1 N–H and O–H groups in total. The van der Waals surface area contributed by atoms with Gasteiger partial charge in [-0.15, -0.1) is 11.3 Å². The summed E-state index contributed by atoms with van der Waals surface area (Å²) in [6, 6.07) is 16.3. The first-order chi connectivity index (χ1) is 11.2. The second-order valence-corrected chi connectivity index (χ2v) is 7.04. The number of benzene rings is 2. The summed E-state index contributed by atoms with van der Waals surface area (Å²) in [4.78, 5) is 7.80. The zero-order chi connectivity index (χ0) is 15.8. The van der Waals surface area contributed by atoms with Gasteiger partial charge in [0.05, 0.1) is 15.8 Å². The van der Waals surface area contributed by atoms with Gasteiger partial charge in [0.15, 0.2) is 0 Å². The van der Waals surface area contributed by atoms with Crippen LogP contribution in [0.2, 0.25) is 0 Å². The van der Waals surface area contributed by atoms with Gasteiger partial charge in [0.2, 0.25) is 0 Å². The molecule has 2 heterocycles. The third kappa shape index (κ3) is 2.56. The Morgan fingerprint density at radius 1 is 1.26 bits per heavy atom. The average Bonchev–Trinajstić information content (AvgIpc) is 3.16. The van der Waals surface area contributed by atoms with Crippen LogP contribution in [0.3, 0.4) is 0 Å². The molecule has 0 aliphatic carbocycles. The van der Waals surface area contributed by atoms with Gasteiger partial charge in [-0.25, -0.2) is 4.98 Å².